The molecule has 2 heterocycles. The predicted molar refractivity (Wildman–Crippen MR) is 62.4 cm³/mol. The highest BCUT2D eigenvalue weighted by Gasteiger charge is 2.08. The second-order valence-electron chi connectivity index (χ2n) is 3.31. The Kier molecular flexibility index (Phi) is 3.05. The first-order chi connectivity index (χ1) is 7.66. The smallest absolute Gasteiger partial charge is 0.352 e. The number of hydrogen-bond donors (Lipinski definition) is 1. The average molecular weight is 281 g/mol. The van der Waals surface area contributed by atoms with E-state index in [9.17, 15) is 4.79 Å². The van der Waals surface area contributed by atoms with E-state index in [-0.39, 0.29) is 5.69 Å². The third kappa shape index (κ3) is 2.30. The highest BCUT2D eigenvalue weighted by molar-refractivity contribution is 9.10. The fraction of sp³-hybridized carbons (Fsp3) is 0.0909. The molecule has 0 saturated carbocycles. The van der Waals surface area contributed by atoms with Crippen molar-refractivity contribution in [2.75, 3.05) is 0 Å². The first-order valence-corrected chi connectivity index (χ1v) is 5.45. The molecule has 0 bridgehead atoms. The van der Waals surface area contributed by atoms with Gasteiger partial charge in [-0.1, -0.05) is 0 Å². The highest BCUT2D eigenvalue weighted by Crippen LogP contribution is 2.11. The normalized spacial score (nSPS) is 10.3. The van der Waals surface area contributed by atoms with E-state index in [2.05, 4.69) is 20.9 Å². The molecule has 0 amide bonds. The number of carboxylic acids is 1. The summed E-state index contributed by atoms with van der Waals surface area (Å²) in [5.41, 5.74) is 1.29. The standard InChI is InChI=1S/C11H9BrN2O2/c12-10-6-8(3-4-13-10)7-14-5-1-2-9(14)11(15)16/h1-6H,7H2,(H,15,16). The molecule has 0 atom stereocenters. The van der Waals surface area contributed by atoms with Gasteiger partial charge in [0, 0.05) is 18.9 Å². The van der Waals surface area contributed by atoms with E-state index in [0.717, 1.165) is 10.2 Å². The van der Waals surface area contributed by atoms with Crippen LogP contribution in [0.5, 0.6) is 0 Å². The Hall–Kier alpha value is -1.62. The molecule has 0 fully saturated rings. The Morgan fingerprint density at radius 1 is 1.50 bits per heavy atom. The molecule has 16 heavy (non-hydrogen) atoms. The van der Waals surface area contributed by atoms with Crippen LogP contribution in [0.1, 0.15) is 16.1 Å². The fourth-order valence-electron chi connectivity index (χ4n) is 1.48. The number of pyridine rings is 1. The van der Waals surface area contributed by atoms with E-state index < -0.39 is 5.97 Å². The minimum absolute atomic E-state index is 0.285. The van der Waals surface area contributed by atoms with Crippen molar-refractivity contribution in [2.24, 2.45) is 0 Å². The van der Waals surface area contributed by atoms with Crippen LogP contribution in [-0.4, -0.2) is 20.6 Å². The number of carbonyl (C=O) groups is 1. The third-order valence-corrected chi connectivity index (χ3v) is 2.63. The molecule has 2 aromatic heterocycles. The number of nitrogens with zero attached hydrogens (tertiary/aromatic N) is 2. The van der Waals surface area contributed by atoms with Gasteiger partial charge >= 0.3 is 5.97 Å². The molecule has 2 aromatic rings. The molecule has 5 heteroatoms. The maximum Gasteiger partial charge on any atom is 0.352 e. The van der Waals surface area contributed by atoms with E-state index in [1.807, 2.05) is 12.1 Å². The lowest BCUT2D eigenvalue weighted by Gasteiger charge is -2.06. The topological polar surface area (TPSA) is 55.1 Å². The van der Waals surface area contributed by atoms with Crippen LogP contribution in [0, 0.1) is 0 Å². The summed E-state index contributed by atoms with van der Waals surface area (Å²) in [5, 5.41) is 8.94. The Labute approximate surface area is 101 Å². The molecule has 0 aromatic carbocycles. The minimum atomic E-state index is -0.918. The van der Waals surface area contributed by atoms with Gasteiger partial charge in [0.1, 0.15) is 10.3 Å². The molecule has 1 N–H and O–H groups in total. The van der Waals surface area contributed by atoms with Gasteiger partial charge in [-0.3, -0.25) is 0 Å². The maximum atomic E-state index is 10.9. The predicted octanol–water partition coefficient (Wildman–Crippen LogP) is 2.39. The first kappa shape index (κ1) is 10.9. The summed E-state index contributed by atoms with van der Waals surface area (Å²) in [6.07, 6.45) is 3.43. The number of halogens is 1. The number of aromatic nitrogens is 2. The van der Waals surface area contributed by atoms with Crippen molar-refractivity contribution >= 4 is 21.9 Å². The Balaban J connectivity index is 2.27. The zero-order chi connectivity index (χ0) is 11.5. The molecule has 2 rings (SSSR count). The van der Waals surface area contributed by atoms with Crippen molar-refractivity contribution in [1.82, 2.24) is 9.55 Å². The molecular weight excluding hydrogens is 272 g/mol. The monoisotopic (exact) mass is 280 g/mol. The lowest BCUT2D eigenvalue weighted by atomic mass is 10.2. The highest BCUT2D eigenvalue weighted by atomic mass is 79.9. The summed E-state index contributed by atoms with van der Waals surface area (Å²) in [5.74, 6) is -0.918. The number of carboxylic acid groups (broad SMARTS) is 1. The molecule has 0 radical (unpaired) electrons. The van der Waals surface area contributed by atoms with Crippen LogP contribution in [0.4, 0.5) is 0 Å². The summed E-state index contributed by atoms with van der Waals surface area (Å²) in [6, 6.07) is 7.03. The zero-order valence-electron chi connectivity index (χ0n) is 8.30. The average Bonchev–Trinajstić information content (AvgIpc) is 2.66. The van der Waals surface area contributed by atoms with Crippen molar-refractivity contribution in [1.29, 1.82) is 0 Å². The van der Waals surface area contributed by atoms with E-state index in [1.165, 1.54) is 0 Å². The molecule has 0 aliphatic carbocycles. The quantitative estimate of drug-likeness (QED) is 0.879. The molecular formula is C11H9BrN2O2. The van der Waals surface area contributed by atoms with Crippen LogP contribution < -0.4 is 0 Å². The van der Waals surface area contributed by atoms with E-state index >= 15 is 0 Å². The Morgan fingerprint density at radius 3 is 3.00 bits per heavy atom. The van der Waals surface area contributed by atoms with Crippen LogP contribution in [-0.2, 0) is 6.54 Å². The molecule has 0 unspecified atom stereocenters. The summed E-state index contributed by atoms with van der Waals surface area (Å²) >= 11 is 3.28. The zero-order valence-corrected chi connectivity index (χ0v) is 9.89. The summed E-state index contributed by atoms with van der Waals surface area (Å²) in [4.78, 5) is 14.9. The summed E-state index contributed by atoms with van der Waals surface area (Å²) < 4.78 is 2.43. The van der Waals surface area contributed by atoms with Gasteiger partial charge in [0.05, 0.1) is 0 Å². The fourth-order valence-corrected chi connectivity index (χ4v) is 1.90. The van der Waals surface area contributed by atoms with Crippen LogP contribution in [0.25, 0.3) is 0 Å². The van der Waals surface area contributed by atoms with Gasteiger partial charge in [-0.05, 0) is 45.8 Å². The lowest BCUT2D eigenvalue weighted by molar-refractivity contribution is 0.0685. The SMILES string of the molecule is O=C(O)c1cccn1Cc1ccnc(Br)c1. The maximum absolute atomic E-state index is 10.9. The number of rotatable bonds is 3. The number of hydrogen-bond acceptors (Lipinski definition) is 2. The third-order valence-electron chi connectivity index (χ3n) is 2.19. The molecule has 0 aliphatic rings. The molecule has 0 spiro atoms. The second-order valence-corrected chi connectivity index (χ2v) is 4.13. The van der Waals surface area contributed by atoms with Crippen molar-refractivity contribution in [3.05, 3.63) is 52.5 Å². The van der Waals surface area contributed by atoms with Gasteiger partial charge in [0.25, 0.3) is 0 Å². The van der Waals surface area contributed by atoms with Crippen molar-refractivity contribution in [3.8, 4) is 0 Å². The molecule has 82 valence electrons. The largest absolute Gasteiger partial charge is 0.477 e. The lowest BCUT2D eigenvalue weighted by Crippen LogP contribution is -2.08. The van der Waals surface area contributed by atoms with Crippen LogP contribution in [0.2, 0.25) is 0 Å². The van der Waals surface area contributed by atoms with Gasteiger partial charge in [0.2, 0.25) is 0 Å². The Bertz CT molecular complexity index is 522. The number of aromatic carboxylic acids is 1. The Morgan fingerprint density at radius 2 is 2.31 bits per heavy atom. The van der Waals surface area contributed by atoms with Gasteiger partial charge in [-0.25, -0.2) is 9.78 Å². The van der Waals surface area contributed by atoms with Crippen LogP contribution in [0.3, 0.4) is 0 Å². The molecule has 4 nitrogen and oxygen atoms in total. The van der Waals surface area contributed by atoms with Crippen LogP contribution in [0.15, 0.2) is 41.3 Å². The first-order valence-electron chi connectivity index (χ1n) is 4.65. The van der Waals surface area contributed by atoms with Gasteiger partial charge in [-0.2, -0.15) is 0 Å². The van der Waals surface area contributed by atoms with Gasteiger partial charge in [-0.15, -0.1) is 0 Å². The second kappa shape index (κ2) is 4.49. The molecule has 0 saturated heterocycles. The molecule has 0 aliphatic heterocycles. The van der Waals surface area contributed by atoms with Crippen molar-refractivity contribution in [2.45, 2.75) is 6.54 Å². The summed E-state index contributed by atoms with van der Waals surface area (Å²) in [7, 11) is 0. The van der Waals surface area contributed by atoms with Gasteiger partial charge < -0.3 is 9.67 Å². The van der Waals surface area contributed by atoms with Crippen molar-refractivity contribution in [3.63, 3.8) is 0 Å². The van der Waals surface area contributed by atoms with Crippen molar-refractivity contribution < 1.29 is 9.90 Å². The van der Waals surface area contributed by atoms with E-state index in [0.29, 0.717) is 6.54 Å². The van der Waals surface area contributed by atoms with Crippen LogP contribution >= 0.6 is 15.9 Å². The van der Waals surface area contributed by atoms with E-state index in [1.54, 1.807) is 29.1 Å². The van der Waals surface area contributed by atoms with E-state index in [4.69, 9.17) is 5.11 Å². The minimum Gasteiger partial charge on any atom is -0.477 e. The van der Waals surface area contributed by atoms with Gasteiger partial charge in [0.15, 0.2) is 0 Å². The summed E-state index contributed by atoms with van der Waals surface area (Å²) in [6.45, 7) is 0.524.